The molecule has 0 atom stereocenters. The topological polar surface area (TPSA) is 38.2 Å². The van der Waals surface area contributed by atoms with Crippen molar-refractivity contribution in [1.82, 2.24) is 9.97 Å². The van der Waals surface area contributed by atoms with Gasteiger partial charge in [-0.3, -0.25) is 4.84 Å². The van der Waals surface area contributed by atoms with Gasteiger partial charge in [0.15, 0.2) is 0 Å². The van der Waals surface area contributed by atoms with Gasteiger partial charge in [-0.2, -0.15) is 0 Å². The van der Waals surface area contributed by atoms with Gasteiger partial charge in [0.05, 0.1) is 13.2 Å². The van der Waals surface area contributed by atoms with Gasteiger partial charge in [0.1, 0.15) is 0 Å². The Balaban J connectivity index is 2.16. The van der Waals surface area contributed by atoms with E-state index in [1.807, 2.05) is 0 Å². The molecule has 4 heteroatoms. The molecule has 1 aromatic rings. The average molecular weight is 151 g/mol. The summed E-state index contributed by atoms with van der Waals surface area (Å²) in [4.78, 5) is 13.3. The molecular formula is C7H9N3O. The molecule has 0 amide bonds. The molecule has 1 aliphatic heterocycles. The Hall–Kier alpha value is -1.16. The lowest BCUT2D eigenvalue weighted by atomic mass is 10.5. The first-order valence-corrected chi connectivity index (χ1v) is 3.64. The molecule has 58 valence electrons. The quantitative estimate of drug-likeness (QED) is 0.589. The molecule has 4 nitrogen and oxygen atoms in total. The van der Waals surface area contributed by atoms with Crippen molar-refractivity contribution in [2.75, 3.05) is 18.2 Å². The molecule has 0 spiro atoms. The lowest BCUT2D eigenvalue weighted by Crippen LogP contribution is -2.18. The highest BCUT2D eigenvalue weighted by atomic mass is 16.7. The Morgan fingerprint density at radius 3 is 2.82 bits per heavy atom. The van der Waals surface area contributed by atoms with E-state index in [0.29, 0.717) is 5.95 Å². The number of hydrogen-bond donors (Lipinski definition) is 0. The summed E-state index contributed by atoms with van der Waals surface area (Å²) in [5.74, 6) is 0.657. The van der Waals surface area contributed by atoms with Crippen LogP contribution in [-0.4, -0.2) is 23.1 Å². The van der Waals surface area contributed by atoms with E-state index in [-0.39, 0.29) is 0 Å². The summed E-state index contributed by atoms with van der Waals surface area (Å²) in [6, 6.07) is 1.79. The third kappa shape index (κ3) is 1.30. The Labute approximate surface area is 64.8 Å². The molecular weight excluding hydrogens is 142 g/mol. The van der Waals surface area contributed by atoms with Crippen molar-refractivity contribution in [3.63, 3.8) is 0 Å². The second kappa shape index (κ2) is 2.84. The summed E-state index contributed by atoms with van der Waals surface area (Å²) in [7, 11) is 0. The number of hydrogen-bond acceptors (Lipinski definition) is 4. The van der Waals surface area contributed by atoms with Crippen LogP contribution in [0.1, 0.15) is 6.42 Å². The van der Waals surface area contributed by atoms with E-state index in [0.717, 1.165) is 19.6 Å². The van der Waals surface area contributed by atoms with Crippen LogP contribution in [0.4, 0.5) is 5.95 Å². The minimum Gasteiger partial charge on any atom is -0.271 e. The van der Waals surface area contributed by atoms with Crippen LogP contribution >= 0.6 is 0 Å². The van der Waals surface area contributed by atoms with Crippen molar-refractivity contribution >= 4 is 5.95 Å². The number of aromatic nitrogens is 2. The minimum atomic E-state index is 0.657. The normalized spacial score (nSPS) is 17.3. The van der Waals surface area contributed by atoms with Crippen molar-refractivity contribution in [3.8, 4) is 0 Å². The molecule has 1 saturated heterocycles. The summed E-state index contributed by atoms with van der Waals surface area (Å²) >= 11 is 0. The van der Waals surface area contributed by atoms with Crippen LogP contribution in [0.2, 0.25) is 0 Å². The SMILES string of the molecule is c1cnc(N2CCCO2)nc1. The Bertz CT molecular complexity index is 220. The third-order valence-corrected chi connectivity index (χ3v) is 1.53. The van der Waals surface area contributed by atoms with Crippen molar-refractivity contribution in [1.29, 1.82) is 0 Å². The first-order chi connectivity index (χ1) is 5.47. The predicted molar refractivity (Wildman–Crippen MR) is 39.9 cm³/mol. The van der Waals surface area contributed by atoms with Gasteiger partial charge in [-0.15, -0.1) is 0 Å². The van der Waals surface area contributed by atoms with Crippen LogP contribution in [0, 0.1) is 0 Å². The van der Waals surface area contributed by atoms with Crippen LogP contribution in [0.5, 0.6) is 0 Å². The van der Waals surface area contributed by atoms with E-state index in [9.17, 15) is 0 Å². The van der Waals surface area contributed by atoms with Gasteiger partial charge in [-0.1, -0.05) is 0 Å². The standard InChI is InChI=1S/C7H9N3O/c1-3-8-7(9-4-1)10-5-2-6-11-10/h1,3-4H,2,5-6H2. The summed E-state index contributed by atoms with van der Waals surface area (Å²) in [6.45, 7) is 1.67. The Morgan fingerprint density at radius 2 is 2.18 bits per heavy atom. The van der Waals surface area contributed by atoms with E-state index in [1.165, 1.54) is 0 Å². The number of rotatable bonds is 1. The van der Waals surface area contributed by atoms with Gasteiger partial charge in [0.2, 0.25) is 5.95 Å². The first-order valence-electron chi connectivity index (χ1n) is 3.64. The van der Waals surface area contributed by atoms with Gasteiger partial charge in [0.25, 0.3) is 0 Å². The minimum absolute atomic E-state index is 0.657. The van der Waals surface area contributed by atoms with E-state index < -0.39 is 0 Å². The smallest absolute Gasteiger partial charge is 0.249 e. The summed E-state index contributed by atoms with van der Waals surface area (Å²) < 4.78 is 0. The molecule has 1 aliphatic rings. The maximum atomic E-state index is 5.25. The molecule has 2 heterocycles. The monoisotopic (exact) mass is 151 g/mol. The molecule has 0 aliphatic carbocycles. The fourth-order valence-corrected chi connectivity index (χ4v) is 1.03. The third-order valence-electron chi connectivity index (χ3n) is 1.53. The summed E-state index contributed by atoms with van der Waals surface area (Å²) in [5.41, 5.74) is 0. The largest absolute Gasteiger partial charge is 0.271 e. The highest BCUT2D eigenvalue weighted by molar-refractivity contribution is 5.24. The van der Waals surface area contributed by atoms with Crippen molar-refractivity contribution in [2.24, 2.45) is 0 Å². The predicted octanol–water partition coefficient (Wildman–Crippen LogP) is 0.618. The molecule has 0 saturated carbocycles. The Kier molecular flexibility index (Phi) is 1.69. The number of hydroxylamine groups is 1. The van der Waals surface area contributed by atoms with Crippen LogP contribution < -0.4 is 5.06 Å². The van der Waals surface area contributed by atoms with Crippen molar-refractivity contribution < 1.29 is 4.84 Å². The van der Waals surface area contributed by atoms with Gasteiger partial charge in [-0.25, -0.2) is 15.0 Å². The zero-order chi connectivity index (χ0) is 7.52. The molecule has 0 aromatic carbocycles. The summed E-state index contributed by atoms with van der Waals surface area (Å²) in [5, 5.41) is 1.72. The molecule has 0 radical (unpaired) electrons. The molecule has 0 unspecified atom stereocenters. The van der Waals surface area contributed by atoms with E-state index >= 15 is 0 Å². The molecule has 11 heavy (non-hydrogen) atoms. The van der Waals surface area contributed by atoms with Crippen molar-refractivity contribution in [2.45, 2.75) is 6.42 Å². The first kappa shape index (κ1) is 6.54. The highest BCUT2D eigenvalue weighted by Crippen LogP contribution is 2.11. The maximum absolute atomic E-state index is 5.25. The lowest BCUT2D eigenvalue weighted by molar-refractivity contribution is 0.164. The van der Waals surface area contributed by atoms with E-state index in [4.69, 9.17) is 4.84 Å². The average Bonchev–Trinajstić information content (AvgIpc) is 2.58. The van der Waals surface area contributed by atoms with Gasteiger partial charge >= 0.3 is 0 Å². The van der Waals surface area contributed by atoms with Crippen LogP contribution in [0.15, 0.2) is 18.5 Å². The maximum Gasteiger partial charge on any atom is 0.249 e. The number of nitrogens with zero attached hydrogens (tertiary/aromatic N) is 3. The van der Waals surface area contributed by atoms with Crippen LogP contribution in [0.3, 0.4) is 0 Å². The molecule has 0 N–H and O–H groups in total. The molecule has 0 bridgehead atoms. The van der Waals surface area contributed by atoms with E-state index in [2.05, 4.69) is 9.97 Å². The molecule has 1 fully saturated rings. The fourth-order valence-electron chi connectivity index (χ4n) is 1.03. The van der Waals surface area contributed by atoms with Crippen LogP contribution in [0.25, 0.3) is 0 Å². The fraction of sp³-hybridized carbons (Fsp3) is 0.429. The van der Waals surface area contributed by atoms with Gasteiger partial charge in [0, 0.05) is 12.4 Å². The van der Waals surface area contributed by atoms with Gasteiger partial charge < -0.3 is 0 Å². The zero-order valence-corrected chi connectivity index (χ0v) is 6.10. The summed E-state index contributed by atoms with van der Waals surface area (Å²) in [6.07, 6.45) is 4.48. The highest BCUT2D eigenvalue weighted by Gasteiger charge is 2.14. The lowest BCUT2D eigenvalue weighted by Gasteiger charge is -2.11. The van der Waals surface area contributed by atoms with Gasteiger partial charge in [-0.05, 0) is 12.5 Å². The second-order valence-electron chi connectivity index (χ2n) is 2.34. The van der Waals surface area contributed by atoms with E-state index in [1.54, 1.807) is 23.5 Å². The number of anilines is 1. The zero-order valence-electron chi connectivity index (χ0n) is 6.10. The van der Waals surface area contributed by atoms with Crippen molar-refractivity contribution in [3.05, 3.63) is 18.5 Å². The molecule has 2 rings (SSSR count). The second-order valence-corrected chi connectivity index (χ2v) is 2.34. The van der Waals surface area contributed by atoms with Crippen LogP contribution in [-0.2, 0) is 4.84 Å². The Morgan fingerprint density at radius 1 is 1.36 bits per heavy atom. The molecule has 1 aromatic heterocycles.